The fourth-order valence-corrected chi connectivity index (χ4v) is 3.58. The molecular weight excluding hydrogens is 218 g/mol. The summed E-state index contributed by atoms with van der Waals surface area (Å²) in [6.45, 7) is 9.86. The van der Waals surface area contributed by atoms with Gasteiger partial charge in [0.05, 0.1) is 11.4 Å². The summed E-state index contributed by atoms with van der Waals surface area (Å²) in [6, 6.07) is 5.07. The van der Waals surface area contributed by atoms with Gasteiger partial charge in [0.25, 0.3) is 0 Å². The van der Waals surface area contributed by atoms with Gasteiger partial charge in [-0.15, -0.1) is 11.3 Å². The van der Waals surface area contributed by atoms with Crippen LogP contribution in [-0.2, 0) is 0 Å². The Kier molecular flexibility index (Phi) is 4.35. The first-order chi connectivity index (χ1) is 7.85. The second kappa shape index (κ2) is 5.77. The molecule has 2 heterocycles. The Balaban J connectivity index is 1.96. The highest BCUT2D eigenvalue weighted by atomic mass is 32.1. The van der Waals surface area contributed by atoms with Crippen molar-refractivity contribution in [3.63, 3.8) is 0 Å². The molecule has 2 rings (SSSR count). The lowest BCUT2D eigenvalue weighted by Gasteiger charge is -2.32. The first-order valence-electron chi connectivity index (χ1n) is 6.36. The van der Waals surface area contributed by atoms with Gasteiger partial charge in [-0.1, -0.05) is 6.07 Å². The van der Waals surface area contributed by atoms with Gasteiger partial charge in [0.1, 0.15) is 32.7 Å². The second-order valence-corrected chi connectivity index (χ2v) is 5.60. The maximum atomic E-state index is 4.14. The number of thiophene rings is 1. The largest absolute Gasteiger partial charge is 0.352 e. The van der Waals surface area contributed by atoms with Gasteiger partial charge in [0.15, 0.2) is 6.04 Å². The molecule has 1 atom stereocenters. The molecule has 1 fully saturated rings. The van der Waals surface area contributed by atoms with Crippen molar-refractivity contribution in [2.24, 2.45) is 0 Å². The number of nitrogens with one attached hydrogen (secondary N) is 2. The van der Waals surface area contributed by atoms with Crippen molar-refractivity contribution in [3.8, 4) is 0 Å². The normalized spacial score (nSPS) is 27.9. The Morgan fingerprint density at radius 2 is 2.12 bits per heavy atom. The monoisotopic (exact) mass is 242 g/mol. The van der Waals surface area contributed by atoms with Gasteiger partial charge in [0, 0.05) is 0 Å². The number of hydrogen-bond donors (Lipinski definition) is 3. The molecule has 0 aromatic carbocycles. The zero-order valence-corrected chi connectivity index (χ0v) is 11.0. The van der Waals surface area contributed by atoms with Crippen LogP contribution in [0.4, 0.5) is 0 Å². The van der Waals surface area contributed by atoms with E-state index < -0.39 is 0 Å². The Morgan fingerprint density at radius 3 is 2.62 bits per heavy atom. The molecule has 5 N–H and O–H groups in total. The van der Waals surface area contributed by atoms with Crippen LogP contribution in [0.25, 0.3) is 0 Å². The van der Waals surface area contributed by atoms with Crippen LogP contribution in [0.15, 0.2) is 17.5 Å². The molecule has 1 saturated heterocycles. The minimum Gasteiger partial charge on any atom is -0.352 e. The predicted octanol–water partition coefficient (Wildman–Crippen LogP) is -2.17. The maximum absolute atomic E-state index is 4.14. The minimum absolute atomic E-state index is 0.637. The molecule has 4 heteroatoms. The summed E-state index contributed by atoms with van der Waals surface area (Å²) in [6.07, 6.45) is 0. The van der Waals surface area contributed by atoms with E-state index in [1.807, 2.05) is 11.3 Å². The van der Waals surface area contributed by atoms with E-state index in [1.54, 1.807) is 9.80 Å². The summed E-state index contributed by atoms with van der Waals surface area (Å²) >= 11 is 1.89. The van der Waals surface area contributed by atoms with Gasteiger partial charge < -0.3 is 15.5 Å². The van der Waals surface area contributed by atoms with Crippen LogP contribution in [-0.4, -0.2) is 39.3 Å². The molecule has 0 bridgehead atoms. The molecule has 1 aromatic heterocycles. The fraction of sp³-hybridized carbons (Fsp3) is 0.667. The predicted molar refractivity (Wildman–Crippen MR) is 66.7 cm³/mol. The first-order valence-corrected chi connectivity index (χ1v) is 7.24. The van der Waals surface area contributed by atoms with Crippen molar-refractivity contribution in [1.29, 1.82) is 0 Å². The van der Waals surface area contributed by atoms with Gasteiger partial charge >= 0.3 is 0 Å². The molecule has 16 heavy (non-hydrogen) atoms. The zero-order valence-electron chi connectivity index (χ0n) is 10.2. The molecule has 0 radical (unpaired) electrons. The topological polar surface area (TPSA) is 36.5 Å². The third kappa shape index (κ3) is 2.63. The Labute approximate surface area is 102 Å². The van der Waals surface area contributed by atoms with Crippen molar-refractivity contribution in [3.05, 3.63) is 22.4 Å². The number of likely N-dealkylation sites (N-methyl/N-ethyl adjacent to an activating group) is 1. The summed E-state index contributed by atoms with van der Waals surface area (Å²) < 4.78 is 0. The highest BCUT2D eigenvalue weighted by Gasteiger charge is 2.30. The quantitative estimate of drug-likeness (QED) is 0.538. The van der Waals surface area contributed by atoms with E-state index in [1.165, 1.54) is 37.6 Å². The van der Waals surface area contributed by atoms with E-state index in [2.05, 4.69) is 30.2 Å². The molecule has 0 amide bonds. The van der Waals surface area contributed by atoms with Crippen LogP contribution in [0, 0.1) is 0 Å². The van der Waals surface area contributed by atoms with Crippen LogP contribution in [0.2, 0.25) is 0 Å². The van der Waals surface area contributed by atoms with Crippen LogP contribution >= 0.6 is 11.3 Å². The SMILES string of the molecule is CC[NH+]1CC[NH+]([C@@H](C[NH3+])c2cccs2)CC1. The number of piperazine rings is 1. The average Bonchev–Trinajstić information content (AvgIpc) is 2.85. The summed E-state index contributed by atoms with van der Waals surface area (Å²) in [5.74, 6) is 0. The van der Waals surface area contributed by atoms with Crippen LogP contribution < -0.4 is 15.5 Å². The zero-order chi connectivity index (χ0) is 11.4. The average molecular weight is 242 g/mol. The molecule has 0 aliphatic carbocycles. The molecule has 1 aliphatic heterocycles. The molecular formula is C12H24N3S+3. The molecule has 90 valence electrons. The van der Waals surface area contributed by atoms with E-state index in [4.69, 9.17) is 0 Å². The van der Waals surface area contributed by atoms with Gasteiger partial charge in [-0.2, -0.15) is 0 Å². The standard InChI is InChI=1S/C12H21N3S/c1-2-14-5-7-15(8-6-14)11(10-13)12-4-3-9-16-12/h3-4,9,11H,2,5-8,10,13H2,1H3/p+3/t11-/m0/s1. The summed E-state index contributed by atoms with van der Waals surface area (Å²) in [5, 5.41) is 2.19. The van der Waals surface area contributed by atoms with E-state index in [0.29, 0.717) is 6.04 Å². The van der Waals surface area contributed by atoms with Crippen molar-refractivity contribution in [2.45, 2.75) is 13.0 Å². The van der Waals surface area contributed by atoms with Crippen molar-refractivity contribution >= 4 is 11.3 Å². The Hall–Kier alpha value is -0.420. The third-order valence-electron chi connectivity index (χ3n) is 3.77. The summed E-state index contributed by atoms with van der Waals surface area (Å²) in [7, 11) is 0. The number of hydrogen-bond acceptors (Lipinski definition) is 1. The summed E-state index contributed by atoms with van der Waals surface area (Å²) in [4.78, 5) is 5.03. The fourth-order valence-electron chi connectivity index (χ4n) is 2.66. The molecule has 0 unspecified atom stereocenters. The highest BCUT2D eigenvalue weighted by molar-refractivity contribution is 7.10. The minimum atomic E-state index is 0.637. The van der Waals surface area contributed by atoms with Crippen LogP contribution in [0.5, 0.6) is 0 Å². The Bertz CT molecular complexity index is 291. The smallest absolute Gasteiger partial charge is 0.172 e. The molecule has 3 nitrogen and oxygen atoms in total. The van der Waals surface area contributed by atoms with Gasteiger partial charge in [-0.05, 0) is 18.4 Å². The lowest BCUT2D eigenvalue weighted by molar-refractivity contribution is -1.03. The van der Waals surface area contributed by atoms with Crippen LogP contribution in [0.1, 0.15) is 17.8 Å². The van der Waals surface area contributed by atoms with Crippen LogP contribution in [0.3, 0.4) is 0 Å². The lowest BCUT2D eigenvalue weighted by Crippen LogP contribution is -3.28. The number of rotatable bonds is 4. The van der Waals surface area contributed by atoms with E-state index in [0.717, 1.165) is 6.54 Å². The van der Waals surface area contributed by atoms with Gasteiger partial charge in [-0.25, -0.2) is 0 Å². The third-order valence-corrected chi connectivity index (χ3v) is 4.75. The van der Waals surface area contributed by atoms with Gasteiger partial charge in [0.2, 0.25) is 0 Å². The number of quaternary nitrogens is 3. The highest BCUT2D eigenvalue weighted by Crippen LogP contribution is 2.14. The molecule has 0 spiro atoms. The summed E-state index contributed by atoms with van der Waals surface area (Å²) in [5.41, 5.74) is 4.14. The van der Waals surface area contributed by atoms with E-state index in [9.17, 15) is 0 Å². The lowest BCUT2D eigenvalue weighted by atomic mass is 10.1. The molecule has 0 saturated carbocycles. The maximum Gasteiger partial charge on any atom is 0.172 e. The Morgan fingerprint density at radius 1 is 1.38 bits per heavy atom. The second-order valence-electron chi connectivity index (χ2n) is 4.62. The van der Waals surface area contributed by atoms with Crippen molar-refractivity contribution in [1.82, 2.24) is 0 Å². The van der Waals surface area contributed by atoms with Crippen molar-refractivity contribution in [2.75, 3.05) is 39.3 Å². The molecule has 1 aromatic rings. The molecule has 1 aliphatic rings. The van der Waals surface area contributed by atoms with Crippen molar-refractivity contribution < 1.29 is 15.5 Å². The van der Waals surface area contributed by atoms with E-state index >= 15 is 0 Å². The van der Waals surface area contributed by atoms with E-state index in [-0.39, 0.29) is 0 Å². The first kappa shape index (κ1) is 12.0. The van der Waals surface area contributed by atoms with Gasteiger partial charge in [-0.3, -0.25) is 0 Å².